The quantitative estimate of drug-likeness (QED) is 0.544. The van der Waals surface area contributed by atoms with Gasteiger partial charge in [-0.1, -0.05) is 5.16 Å². The number of carbonyl (C=O) groups is 2. The molecule has 0 aliphatic rings. The Bertz CT molecular complexity index is 1140. The van der Waals surface area contributed by atoms with Crippen LogP contribution in [-0.4, -0.2) is 36.5 Å². The highest BCUT2D eigenvalue weighted by Gasteiger charge is 2.20. The Morgan fingerprint density at radius 1 is 1.10 bits per heavy atom. The fourth-order valence-electron chi connectivity index (χ4n) is 2.34. The van der Waals surface area contributed by atoms with Gasteiger partial charge in [0.15, 0.2) is 11.9 Å². The average Bonchev–Trinajstić information content (AvgIpc) is 3.12. The molecule has 156 valence electrons. The van der Waals surface area contributed by atoms with Crippen LogP contribution in [0.5, 0.6) is 0 Å². The lowest BCUT2D eigenvalue weighted by Gasteiger charge is -2.14. The lowest BCUT2D eigenvalue weighted by atomic mass is 10.2. The number of ether oxygens (including phenoxy) is 1. The number of aryl methyl sites for hydroxylation is 1. The lowest BCUT2D eigenvalue weighted by Crippen LogP contribution is -2.30. The van der Waals surface area contributed by atoms with E-state index in [9.17, 15) is 18.0 Å². The first-order valence-electron chi connectivity index (χ1n) is 8.73. The number of anilines is 2. The molecule has 2 heterocycles. The first-order chi connectivity index (χ1) is 14.2. The van der Waals surface area contributed by atoms with Gasteiger partial charge in [-0.2, -0.15) is 0 Å². The maximum Gasteiger partial charge on any atom is 0.339 e. The Hall–Kier alpha value is -3.73. The molecule has 11 heteroatoms. The second-order valence-electron chi connectivity index (χ2n) is 6.23. The Kier molecular flexibility index (Phi) is 6.11. The van der Waals surface area contributed by atoms with E-state index in [1.807, 2.05) is 0 Å². The molecule has 3 aromatic rings. The summed E-state index contributed by atoms with van der Waals surface area (Å²) in [7, 11) is -3.87. The lowest BCUT2D eigenvalue weighted by molar-refractivity contribution is -0.123. The van der Waals surface area contributed by atoms with E-state index in [1.54, 1.807) is 6.92 Å². The van der Waals surface area contributed by atoms with Gasteiger partial charge >= 0.3 is 5.97 Å². The molecule has 0 fully saturated rings. The summed E-state index contributed by atoms with van der Waals surface area (Å²) < 4.78 is 37.0. The highest BCUT2D eigenvalue weighted by Crippen LogP contribution is 2.18. The van der Waals surface area contributed by atoms with Gasteiger partial charge in [-0.25, -0.2) is 13.2 Å². The van der Waals surface area contributed by atoms with E-state index >= 15 is 0 Å². The molecule has 3 rings (SSSR count). The van der Waals surface area contributed by atoms with Crippen LogP contribution < -0.4 is 10.0 Å². The van der Waals surface area contributed by atoms with Gasteiger partial charge in [-0.15, -0.1) is 0 Å². The molecule has 2 N–H and O–H groups in total. The average molecular weight is 430 g/mol. The molecule has 1 aromatic carbocycles. The van der Waals surface area contributed by atoms with Crippen LogP contribution in [0, 0.1) is 6.92 Å². The number of sulfonamides is 1. The van der Waals surface area contributed by atoms with Gasteiger partial charge in [-0.3, -0.25) is 14.5 Å². The minimum atomic E-state index is -3.87. The molecule has 0 bridgehead atoms. The summed E-state index contributed by atoms with van der Waals surface area (Å²) in [6.45, 7) is 3.06. The molecule has 1 amide bonds. The van der Waals surface area contributed by atoms with Gasteiger partial charge in [0.2, 0.25) is 0 Å². The van der Waals surface area contributed by atoms with Crippen molar-refractivity contribution in [2.24, 2.45) is 0 Å². The minimum absolute atomic E-state index is 0.0293. The molecule has 1 atom stereocenters. The molecule has 0 aliphatic heterocycles. The Balaban J connectivity index is 1.60. The second kappa shape index (κ2) is 8.74. The van der Waals surface area contributed by atoms with E-state index < -0.39 is 28.0 Å². The zero-order chi connectivity index (χ0) is 21.7. The van der Waals surface area contributed by atoms with Crippen molar-refractivity contribution in [1.82, 2.24) is 10.1 Å². The van der Waals surface area contributed by atoms with Crippen LogP contribution in [0.2, 0.25) is 0 Å². The summed E-state index contributed by atoms with van der Waals surface area (Å²) in [5.74, 6) is -0.695. The standard InChI is InChI=1S/C19H18N4O6S/c1-12-11-17(22-29-12)23-30(26,27)16-5-3-15(4-6-16)21-18(24)13(2)28-19(25)14-7-9-20-10-8-14/h3-11,13H,1-2H3,(H,21,24)(H,22,23). The summed E-state index contributed by atoms with van der Waals surface area (Å²) in [4.78, 5) is 28.0. The number of nitrogens with zero attached hydrogens (tertiary/aromatic N) is 2. The summed E-state index contributed by atoms with van der Waals surface area (Å²) in [6.07, 6.45) is 1.82. The number of aromatic nitrogens is 2. The maximum absolute atomic E-state index is 12.4. The van der Waals surface area contributed by atoms with Crippen molar-refractivity contribution in [2.75, 3.05) is 10.0 Å². The van der Waals surface area contributed by atoms with Crippen molar-refractivity contribution < 1.29 is 27.3 Å². The summed E-state index contributed by atoms with van der Waals surface area (Å²) in [6, 6.07) is 9.86. The number of rotatable bonds is 7. The predicted molar refractivity (Wildman–Crippen MR) is 106 cm³/mol. The highest BCUT2D eigenvalue weighted by molar-refractivity contribution is 7.92. The molecular formula is C19H18N4O6S. The SMILES string of the molecule is Cc1cc(NS(=O)(=O)c2ccc(NC(=O)C(C)OC(=O)c3ccncc3)cc2)no1. The van der Waals surface area contributed by atoms with Crippen molar-refractivity contribution in [3.05, 3.63) is 66.2 Å². The number of hydrogen-bond acceptors (Lipinski definition) is 8. The number of pyridine rings is 1. The van der Waals surface area contributed by atoms with Crippen LogP contribution >= 0.6 is 0 Å². The largest absolute Gasteiger partial charge is 0.449 e. The fourth-order valence-corrected chi connectivity index (χ4v) is 3.33. The molecular weight excluding hydrogens is 412 g/mol. The molecule has 0 radical (unpaired) electrons. The molecule has 10 nitrogen and oxygen atoms in total. The molecule has 0 saturated heterocycles. The zero-order valence-electron chi connectivity index (χ0n) is 16.0. The third-order valence-electron chi connectivity index (χ3n) is 3.87. The van der Waals surface area contributed by atoms with Crippen LogP contribution in [0.15, 0.2) is 64.3 Å². The molecule has 1 unspecified atom stereocenters. The number of nitrogens with one attached hydrogen (secondary N) is 2. The van der Waals surface area contributed by atoms with Crippen LogP contribution in [0.3, 0.4) is 0 Å². The van der Waals surface area contributed by atoms with Gasteiger partial charge in [0.1, 0.15) is 5.76 Å². The number of hydrogen-bond donors (Lipinski definition) is 2. The monoisotopic (exact) mass is 430 g/mol. The minimum Gasteiger partial charge on any atom is -0.449 e. The Morgan fingerprint density at radius 3 is 2.37 bits per heavy atom. The maximum atomic E-state index is 12.4. The number of benzene rings is 1. The topological polar surface area (TPSA) is 140 Å². The Morgan fingerprint density at radius 2 is 1.77 bits per heavy atom. The van der Waals surface area contributed by atoms with Crippen molar-refractivity contribution in [2.45, 2.75) is 24.8 Å². The third-order valence-corrected chi connectivity index (χ3v) is 5.24. The predicted octanol–water partition coefficient (Wildman–Crippen LogP) is 2.36. The molecule has 30 heavy (non-hydrogen) atoms. The van der Waals surface area contributed by atoms with Gasteiger partial charge in [0.05, 0.1) is 10.5 Å². The second-order valence-corrected chi connectivity index (χ2v) is 7.91. The third kappa shape index (κ3) is 5.20. The summed E-state index contributed by atoms with van der Waals surface area (Å²) in [5.41, 5.74) is 0.608. The molecule has 0 saturated carbocycles. The van der Waals surface area contributed by atoms with Crippen LogP contribution in [0.25, 0.3) is 0 Å². The normalized spacial score (nSPS) is 12.1. The van der Waals surface area contributed by atoms with Gasteiger partial charge in [0.25, 0.3) is 15.9 Å². The van der Waals surface area contributed by atoms with E-state index in [4.69, 9.17) is 9.26 Å². The first-order valence-corrected chi connectivity index (χ1v) is 10.2. The van der Waals surface area contributed by atoms with Crippen molar-refractivity contribution in [3.8, 4) is 0 Å². The zero-order valence-corrected chi connectivity index (χ0v) is 16.8. The van der Waals surface area contributed by atoms with E-state index in [0.717, 1.165) is 0 Å². The van der Waals surface area contributed by atoms with Crippen molar-refractivity contribution in [1.29, 1.82) is 0 Å². The number of carbonyl (C=O) groups excluding carboxylic acids is 2. The van der Waals surface area contributed by atoms with E-state index in [0.29, 0.717) is 11.4 Å². The number of esters is 1. The summed E-state index contributed by atoms with van der Waals surface area (Å²) in [5, 5.41) is 6.14. The molecule has 2 aromatic heterocycles. The van der Waals surface area contributed by atoms with E-state index in [1.165, 1.54) is 61.8 Å². The van der Waals surface area contributed by atoms with Crippen molar-refractivity contribution in [3.63, 3.8) is 0 Å². The number of amides is 1. The Labute approximate surface area is 172 Å². The molecule has 0 spiro atoms. The first kappa shape index (κ1) is 21.0. The van der Waals surface area contributed by atoms with E-state index in [2.05, 4.69) is 20.2 Å². The van der Waals surface area contributed by atoms with Crippen molar-refractivity contribution >= 4 is 33.4 Å². The van der Waals surface area contributed by atoms with Gasteiger partial charge in [-0.05, 0) is 50.2 Å². The smallest absolute Gasteiger partial charge is 0.339 e. The van der Waals surface area contributed by atoms with Gasteiger partial charge < -0.3 is 14.6 Å². The van der Waals surface area contributed by atoms with E-state index in [-0.39, 0.29) is 16.3 Å². The fraction of sp³-hybridized carbons (Fsp3) is 0.158. The summed E-state index contributed by atoms with van der Waals surface area (Å²) >= 11 is 0. The highest BCUT2D eigenvalue weighted by atomic mass is 32.2. The van der Waals surface area contributed by atoms with Crippen LogP contribution in [0.1, 0.15) is 23.0 Å². The molecule has 0 aliphatic carbocycles. The van der Waals surface area contributed by atoms with Crippen LogP contribution in [0.4, 0.5) is 11.5 Å². The van der Waals surface area contributed by atoms with Gasteiger partial charge in [0, 0.05) is 24.1 Å². The van der Waals surface area contributed by atoms with Crippen LogP contribution in [-0.2, 0) is 19.6 Å².